The lowest BCUT2D eigenvalue weighted by molar-refractivity contribution is 0.192. The Morgan fingerprint density at radius 3 is 1.45 bits per heavy atom. The minimum Gasteiger partial charge on any atom is -0.508 e. The lowest BCUT2D eigenvalue weighted by Gasteiger charge is -2.45. The molecule has 3 N–H and O–H groups in total. The number of benzene rings is 3. The average Bonchev–Trinajstić information content (AvgIpc) is 2.84. The molecule has 0 spiro atoms. The first-order valence-electron chi connectivity index (χ1n) is 12.3. The van der Waals surface area contributed by atoms with Crippen LogP contribution < -0.4 is 0 Å². The van der Waals surface area contributed by atoms with Crippen molar-refractivity contribution in [2.45, 2.75) is 63.7 Å². The molecule has 0 aliphatic heterocycles. The quantitative estimate of drug-likeness (QED) is 0.353. The van der Waals surface area contributed by atoms with Gasteiger partial charge in [0, 0.05) is 5.41 Å². The SMILES string of the molecule is CCC(CC)C(c1ccc(O)cc1)C1CCC(c2ccc(O)cc2)(c2ccc(O)cc2)CC1. The molecule has 4 rings (SSSR count). The van der Waals surface area contributed by atoms with E-state index in [1.807, 2.05) is 12.1 Å². The van der Waals surface area contributed by atoms with Crippen LogP contribution in [-0.2, 0) is 5.41 Å². The van der Waals surface area contributed by atoms with Crippen molar-refractivity contribution in [2.24, 2.45) is 11.8 Å². The fourth-order valence-electron chi connectivity index (χ4n) is 6.22. The Morgan fingerprint density at radius 2 is 1.06 bits per heavy atom. The van der Waals surface area contributed by atoms with Crippen LogP contribution in [0.1, 0.15) is 75.0 Å². The van der Waals surface area contributed by atoms with Crippen LogP contribution >= 0.6 is 0 Å². The van der Waals surface area contributed by atoms with Gasteiger partial charge in [-0.3, -0.25) is 0 Å². The molecule has 33 heavy (non-hydrogen) atoms. The Bertz CT molecular complexity index is 962. The Balaban J connectivity index is 1.67. The zero-order valence-corrected chi connectivity index (χ0v) is 19.7. The third-order valence-corrected chi connectivity index (χ3v) is 8.07. The molecule has 1 aliphatic carbocycles. The van der Waals surface area contributed by atoms with Crippen LogP contribution in [0.5, 0.6) is 17.2 Å². The van der Waals surface area contributed by atoms with E-state index in [1.54, 1.807) is 24.3 Å². The van der Waals surface area contributed by atoms with Crippen molar-refractivity contribution in [3.05, 3.63) is 89.5 Å². The van der Waals surface area contributed by atoms with E-state index in [4.69, 9.17) is 0 Å². The zero-order valence-electron chi connectivity index (χ0n) is 19.7. The summed E-state index contributed by atoms with van der Waals surface area (Å²) in [5.74, 6) is 2.59. The molecule has 1 aliphatic rings. The molecule has 1 fully saturated rings. The third kappa shape index (κ3) is 4.73. The Hall–Kier alpha value is -2.94. The normalized spacial score (nSPS) is 17.2. The van der Waals surface area contributed by atoms with Gasteiger partial charge in [0.1, 0.15) is 17.2 Å². The van der Waals surface area contributed by atoms with Gasteiger partial charge in [0.05, 0.1) is 0 Å². The van der Waals surface area contributed by atoms with E-state index in [0.29, 0.717) is 23.5 Å². The van der Waals surface area contributed by atoms with Crippen LogP contribution in [0.2, 0.25) is 0 Å². The molecule has 0 radical (unpaired) electrons. The second-order valence-corrected chi connectivity index (χ2v) is 9.71. The molecular weight excluding hydrogens is 408 g/mol. The second kappa shape index (κ2) is 9.91. The summed E-state index contributed by atoms with van der Waals surface area (Å²) in [4.78, 5) is 0. The first kappa shape index (κ1) is 23.2. The van der Waals surface area contributed by atoms with Crippen molar-refractivity contribution in [3.8, 4) is 17.2 Å². The molecule has 1 atom stereocenters. The van der Waals surface area contributed by atoms with Crippen LogP contribution in [0.4, 0.5) is 0 Å². The molecular formula is C30H36O3. The third-order valence-electron chi connectivity index (χ3n) is 8.07. The summed E-state index contributed by atoms with van der Waals surface area (Å²) < 4.78 is 0. The summed E-state index contributed by atoms with van der Waals surface area (Å²) in [5, 5.41) is 29.6. The standard InChI is InChI=1S/C30H36O3/c1-3-21(4-2)29(22-5-11-26(31)12-6-22)23-17-19-30(20-18-23,24-7-13-27(32)14-8-24)25-9-15-28(33)16-10-25/h5-16,21,23,29,31-33H,3-4,17-20H2,1-2H3. The van der Waals surface area contributed by atoms with Crippen molar-refractivity contribution >= 4 is 0 Å². The molecule has 0 saturated heterocycles. The van der Waals surface area contributed by atoms with Crippen LogP contribution in [0, 0.1) is 11.8 Å². The lowest BCUT2D eigenvalue weighted by Crippen LogP contribution is -2.36. The fourth-order valence-corrected chi connectivity index (χ4v) is 6.22. The Kier molecular flexibility index (Phi) is 6.97. The fraction of sp³-hybridized carbons (Fsp3) is 0.400. The van der Waals surface area contributed by atoms with Gasteiger partial charge in [0.25, 0.3) is 0 Å². The summed E-state index contributed by atoms with van der Waals surface area (Å²) in [6, 6.07) is 23.2. The molecule has 174 valence electrons. The van der Waals surface area contributed by atoms with Gasteiger partial charge in [0.15, 0.2) is 0 Å². The zero-order chi connectivity index (χ0) is 23.4. The molecule has 1 unspecified atom stereocenters. The molecule has 3 nitrogen and oxygen atoms in total. The maximum absolute atomic E-state index is 9.87. The molecule has 0 bridgehead atoms. The molecule has 0 amide bonds. The summed E-state index contributed by atoms with van der Waals surface area (Å²) >= 11 is 0. The number of phenolic OH excluding ortho intramolecular Hbond substituents is 3. The van der Waals surface area contributed by atoms with E-state index in [1.165, 1.54) is 16.7 Å². The highest BCUT2D eigenvalue weighted by Gasteiger charge is 2.41. The van der Waals surface area contributed by atoms with E-state index in [-0.39, 0.29) is 16.9 Å². The van der Waals surface area contributed by atoms with Gasteiger partial charge in [-0.05, 0) is 96.5 Å². The summed E-state index contributed by atoms with van der Waals surface area (Å²) in [6.07, 6.45) is 6.59. The molecule has 0 aromatic heterocycles. The number of aromatic hydroxyl groups is 3. The largest absolute Gasteiger partial charge is 0.508 e. The summed E-state index contributed by atoms with van der Waals surface area (Å²) in [7, 11) is 0. The van der Waals surface area contributed by atoms with Crippen LogP contribution in [0.25, 0.3) is 0 Å². The summed E-state index contributed by atoms with van der Waals surface area (Å²) in [6.45, 7) is 4.59. The van der Waals surface area contributed by atoms with Gasteiger partial charge >= 0.3 is 0 Å². The van der Waals surface area contributed by atoms with Crippen LogP contribution in [0.15, 0.2) is 72.8 Å². The van der Waals surface area contributed by atoms with Gasteiger partial charge < -0.3 is 15.3 Å². The van der Waals surface area contributed by atoms with Gasteiger partial charge in [-0.15, -0.1) is 0 Å². The van der Waals surface area contributed by atoms with E-state index in [2.05, 4.69) is 50.2 Å². The molecule has 3 aromatic rings. The van der Waals surface area contributed by atoms with Gasteiger partial charge in [-0.25, -0.2) is 0 Å². The number of rotatable bonds is 7. The van der Waals surface area contributed by atoms with Gasteiger partial charge in [-0.1, -0.05) is 63.1 Å². The first-order valence-corrected chi connectivity index (χ1v) is 12.3. The summed E-state index contributed by atoms with van der Waals surface area (Å²) in [5.41, 5.74) is 3.68. The van der Waals surface area contributed by atoms with Gasteiger partial charge in [0.2, 0.25) is 0 Å². The Labute approximate surface area is 197 Å². The highest BCUT2D eigenvalue weighted by Crippen LogP contribution is 2.52. The van der Waals surface area contributed by atoms with Crippen molar-refractivity contribution in [3.63, 3.8) is 0 Å². The molecule has 1 saturated carbocycles. The van der Waals surface area contributed by atoms with Crippen molar-refractivity contribution in [1.82, 2.24) is 0 Å². The monoisotopic (exact) mass is 444 g/mol. The van der Waals surface area contributed by atoms with Crippen molar-refractivity contribution < 1.29 is 15.3 Å². The number of hydrogen-bond acceptors (Lipinski definition) is 3. The Morgan fingerprint density at radius 1 is 0.667 bits per heavy atom. The second-order valence-electron chi connectivity index (χ2n) is 9.71. The molecule has 3 heteroatoms. The maximum atomic E-state index is 9.87. The number of hydrogen-bond donors (Lipinski definition) is 3. The first-order chi connectivity index (χ1) is 16.0. The predicted octanol–water partition coefficient (Wildman–Crippen LogP) is 7.50. The van der Waals surface area contributed by atoms with Crippen LogP contribution in [0.3, 0.4) is 0 Å². The van der Waals surface area contributed by atoms with Crippen molar-refractivity contribution in [2.75, 3.05) is 0 Å². The lowest BCUT2D eigenvalue weighted by atomic mass is 9.59. The highest BCUT2D eigenvalue weighted by atomic mass is 16.3. The highest BCUT2D eigenvalue weighted by molar-refractivity contribution is 5.43. The van der Waals surface area contributed by atoms with E-state index >= 15 is 0 Å². The minimum absolute atomic E-state index is 0.120. The maximum Gasteiger partial charge on any atom is 0.115 e. The van der Waals surface area contributed by atoms with E-state index in [0.717, 1.165) is 38.5 Å². The predicted molar refractivity (Wildman–Crippen MR) is 134 cm³/mol. The van der Waals surface area contributed by atoms with E-state index in [9.17, 15) is 15.3 Å². The van der Waals surface area contributed by atoms with E-state index < -0.39 is 0 Å². The average molecular weight is 445 g/mol. The topological polar surface area (TPSA) is 60.7 Å². The van der Waals surface area contributed by atoms with Gasteiger partial charge in [-0.2, -0.15) is 0 Å². The van der Waals surface area contributed by atoms with Crippen LogP contribution in [-0.4, -0.2) is 15.3 Å². The minimum atomic E-state index is -0.120. The number of phenols is 3. The molecule has 3 aromatic carbocycles. The van der Waals surface area contributed by atoms with Crippen molar-refractivity contribution in [1.29, 1.82) is 0 Å². The molecule has 0 heterocycles. The smallest absolute Gasteiger partial charge is 0.115 e.